The van der Waals surface area contributed by atoms with Crippen molar-refractivity contribution in [3.8, 4) is 11.5 Å². The van der Waals surface area contributed by atoms with Crippen molar-refractivity contribution in [1.82, 2.24) is 5.32 Å². The van der Waals surface area contributed by atoms with Crippen molar-refractivity contribution in [2.75, 3.05) is 14.2 Å². The second kappa shape index (κ2) is 7.87. The highest BCUT2D eigenvalue weighted by molar-refractivity contribution is 6.14. The molecule has 1 N–H and O–H groups in total. The number of nitrogens with one attached hydrogen (secondary N) is 1. The molecular weight excluding hydrogens is 328 g/mol. The SMILES string of the molecule is COc1ccc(C)cc1/C=C1/N=C(CCc2ccccc2OC)NC1=O. The molecule has 0 unspecified atom stereocenters. The molecule has 2 aromatic carbocycles. The fourth-order valence-electron chi connectivity index (χ4n) is 2.91. The number of amides is 1. The molecule has 0 fully saturated rings. The Morgan fingerprint density at radius 1 is 1.04 bits per heavy atom. The number of benzene rings is 2. The summed E-state index contributed by atoms with van der Waals surface area (Å²) in [6, 6.07) is 13.7. The molecule has 5 heteroatoms. The number of aliphatic imine (C=N–C) groups is 1. The zero-order valence-electron chi connectivity index (χ0n) is 15.2. The topological polar surface area (TPSA) is 59.9 Å². The predicted octanol–water partition coefficient (Wildman–Crippen LogP) is 3.51. The number of carbonyl (C=O) groups is 1. The molecule has 2 aromatic rings. The number of carbonyl (C=O) groups excluding carboxylic acids is 1. The molecule has 0 aromatic heterocycles. The maximum Gasteiger partial charge on any atom is 0.275 e. The summed E-state index contributed by atoms with van der Waals surface area (Å²) in [6.07, 6.45) is 3.13. The highest BCUT2D eigenvalue weighted by Crippen LogP contribution is 2.24. The van der Waals surface area contributed by atoms with Crippen LogP contribution in [0.5, 0.6) is 11.5 Å². The average Bonchev–Trinajstić information content (AvgIpc) is 3.00. The van der Waals surface area contributed by atoms with E-state index in [2.05, 4.69) is 10.3 Å². The van der Waals surface area contributed by atoms with Crippen LogP contribution in [0, 0.1) is 6.92 Å². The van der Waals surface area contributed by atoms with Gasteiger partial charge in [0, 0.05) is 12.0 Å². The van der Waals surface area contributed by atoms with Gasteiger partial charge in [0.2, 0.25) is 0 Å². The summed E-state index contributed by atoms with van der Waals surface area (Å²) in [5.41, 5.74) is 3.41. The Balaban J connectivity index is 1.78. The van der Waals surface area contributed by atoms with Gasteiger partial charge in [-0.05, 0) is 43.2 Å². The summed E-state index contributed by atoms with van der Waals surface area (Å²) in [7, 11) is 3.27. The van der Waals surface area contributed by atoms with Gasteiger partial charge in [0.1, 0.15) is 23.0 Å². The Labute approximate surface area is 153 Å². The Bertz CT molecular complexity index is 885. The van der Waals surface area contributed by atoms with Gasteiger partial charge in [0.05, 0.1) is 14.2 Å². The third-order valence-corrected chi connectivity index (χ3v) is 4.25. The standard InChI is InChI=1S/C21H22N2O3/c1-14-8-10-19(26-3)16(12-14)13-17-21(24)23-20(22-17)11-9-15-6-4-5-7-18(15)25-2/h4-8,10,12-13H,9,11H2,1-3H3,(H,22,23,24)/b17-13+. The first-order valence-electron chi connectivity index (χ1n) is 8.48. The minimum atomic E-state index is -0.191. The van der Waals surface area contributed by atoms with Crippen LogP contribution in [-0.2, 0) is 11.2 Å². The summed E-state index contributed by atoms with van der Waals surface area (Å²) >= 11 is 0. The third kappa shape index (κ3) is 3.94. The summed E-state index contributed by atoms with van der Waals surface area (Å²) in [4.78, 5) is 16.7. The third-order valence-electron chi connectivity index (χ3n) is 4.25. The van der Waals surface area contributed by atoms with Crippen LogP contribution in [0.2, 0.25) is 0 Å². The van der Waals surface area contributed by atoms with Crippen molar-refractivity contribution >= 4 is 17.8 Å². The van der Waals surface area contributed by atoms with Crippen LogP contribution in [0.15, 0.2) is 53.2 Å². The van der Waals surface area contributed by atoms with Crippen molar-refractivity contribution in [2.45, 2.75) is 19.8 Å². The van der Waals surface area contributed by atoms with Crippen molar-refractivity contribution in [2.24, 2.45) is 4.99 Å². The summed E-state index contributed by atoms with van der Waals surface area (Å²) < 4.78 is 10.7. The molecule has 0 saturated carbocycles. The lowest BCUT2D eigenvalue weighted by molar-refractivity contribution is -0.115. The molecule has 1 aliphatic rings. The first-order chi connectivity index (χ1) is 12.6. The smallest absolute Gasteiger partial charge is 0.275 e. The van der Waals surface area contributed by atoms with E-state index in [0.29, 0.717) is 23.7 Å². The number of nitrogens with zero attached hydrogens (tertiary/aromatic N) is 1. The van der Waals surface area contributed by atoms with Gasteiger partial charge in [0.15, 0.2) is 0 Å². The number of rotatable bonds is 6. The lowest BCUT2D eigenvalue weighted by Crippen LogP contribution is -2.24. The largest absolute Gasteiger partial charge is 0.496 e. The lowest BCUT2D eigenvalue weighted by atomic mass is 10.1. The fourth-order valence-corrected chi connectivity index (χ4v) is 2.91. The quantitative estimate of drug-likeness (QED) is 0.811. The number of hydrogen-bond donors (Lipinski definition) is 1. The van der Waals surface area contributed by atoms with Crippen molar-refractivity contribution < 1.29 is 14.3 Å². The molecule has 26 heavy (non-hydrogen) atoms. The van der Waals surface area contributed by atoms with Crippen LogP contribution in [0.1, 0.15) is 23.1 Å². The average molecular weight is 350 g/mol. The molecule has 0 atom stereocenters. The van der Waals surface area contributed by atoms with Crippen LogP contribution >= 0.6 is 0 Å². The van der Waals surface area contributed by atoms with E-state index in [1.807, 2.05) is 49.4 Å². The number of ether oxygens (including phenoxy) is 2. The molecule has 0 saturated heterocycles. The number of para-hydroxylation sites is 1. The zero-order valence-corrected chi connectivity index (χ0v) is 15.2. The van der Waals surface area contributed by atoms with Gasteiger partial charge in [-0.2, -0.15) is 0 Å². The predicted molar refractivity (Wildman–Crippen MR) is 103 cm³/mol. The lowest BCUT2D eigenvalue weighted by Gasteiger charge is -2.07. The Morgan fingerprint density at radius 3 is 2.58 bits per heavy atom. The van der Waals surface area contributed by atoms with E-state index in [-0.39, 0.29) is 5.91 Å². The molecule has 0 bridgehead atoms. The van der Waals surface area contributed by atoms with Crippen molar-refractivity contribution in [3.63, 3.8) is 0 Å². The van der Waals surface area contributed by atoms with Crippen LogP contribution < -0.4 is 14.8 Å². The van der Waals surface area contributed by atoms with Gasteiger partial charge in [-0.25, -0.2) is 4.99 Å². The molecule has 0 aliphatic carbocycles. The first-order valence-corrected chi connectivity index (χ1v) is 8.48. The van der Waals surface area contributed by atoms with Gasteiger partial charge in [-0.15, -0.1) is 0 Å². The molecule has 1 aliphatic heterocycles. The Kier molecular flexibility index (Phi) is 5.37. The van der Waals surface area contributed by atoms with E-state index in [1.54, 1.807) is 20.3 Å². The maximum absolute atomic E-state index is 12.2. The molecule has 0 spiro atoms. The number of hydrogen-bond acceptors (Lipinski definition) is 4. The molecule has 0 radical (unpaired) electrons. The van der Waals surface area contributed by atoms with E-state index >= 15 is 0 Å². The first kappa shape index (κ1) is 17.7. The highest BCUT2D eigenvalue weighted by atomic mass is 16.5. The minimum absolute atomic E-state index is 0.191. The molecule has 1 amide bonds. The van der Waals surface area contributed by atoms with Crippen LogP contribution in [0.3, 0.4) is 0 Å². The van der Waals surface area contributed by atoms with E-state index in [1.165, 1.54) is 0 Å². The maximum atomic E-state index is 12.2. The second-order valence-corrected chi connectivity index (χ2v) is 6.10. The monoisotopic (exact) mass is 350 g/mol. The molecular formula is C21H22N2O3. The van der Waals surface area contributed by atoms with Gasteiger partial charge < -0.3 is 14.8 Å². The fraction of sp³-hybridized carbons (Fsp3) is 0.238. The van der Waals surface area contributed by atoms with E-state index in [0.717, 1.165) is 28.9 Å². The minimum Gasteiger partial charge on any atom is -0.496 e. The number of amidine groups is 1. The number of aryl methyl sites for hydroxylation is 2. The van der Waals surface area contributed by atoms with Crippen LogP contribution in [-0.4, -0.2) is 26.0 Å². The number of methoxy groups -OCH3 is 2. The van der Waals surface area contributed by atoms with Crippen LogP contribution in [0.25, 0.3) is 6.08 Å². The molecule has 1 heterocycles. The van der Waals surface area contributed by atoms with E-state index in [9.17, 15) is 4.79 Å². The van der Waals surface area contributed by atoms with Crippen molar-refractivity contribution in [3.05, 3.63) is 64.9 Å². The molecule has 134 valence electrons. The highest BCUT2D eigenvalue weighted by Gasteiger charge is 2.20. The molecule has 5 nitrogen and oxygen atoms in total. The summed E-state index contributed by atoms with van der Waals surface area (Å²) in [6.45, 7) is 2.00. The second-order valence-electron chi connectivity index (χ2n) is 6.10. The van der Waals surface area contributed by atoms with E-state index in [4.69, 9.17) is 9.47 Å². The Hall–Kier alpha value is -3.08. The zero-order chi connectivity index (χ0) is 18.5. The summed E-state index contributed by atoms with van der Waals surface area (Å²) in [5.74, 6) is 2.04. The normalized spacial score (nSPS) is 15.0. The van der Waals surface area contributed by atoms with Gasteiger partial charge >= 0.3 is 0 Å². The van der Waals surface area contributed by atoms with E-state index < -0.39 is 0 Å². The Morgan fingerprint density at radius 2 is 1.81 bits per heavy atom. The van der Waals surface area contributed by atoms with Gasteiger partial charge in [-0.1, -0.05) is 29.8 Å². The molecule has 3 rings (SSSR count). The van der Waals surface area contributed by atoms with Gasteiger partial charge in [0.25, 0.3) is 5.91 Å². The van der Waals surface area contributed by atoms with Gasteiger partial charge in [-0.3, -0.25) is 4.79 Å². The van der Waals surface area contributed by atoms with Crippen LogP contribution in [0.4, 0.5) is 0 Å². The van der Waals surface area contributed by atoms with Crippen molar-refractivity contribution in [1.29, 1.82) is 0 Å². The summed E-state index contributed by atoms with van der Waals surface area (Å²) in [5, 5.41) is 2.85.